The van der Waals surface area contributed by atoms with E-state index < -0.39 is 13.3 Å². The maximum atomic E-state index is 2.52. The molecule has 0 aliphatic heterocycles. The number of rotatable bonds is 5. The Hall–Kier alpha value is -1.09. The van der Waals surface area contributed by atoms with E-state index in [0.29, 0.717) is 5.92 Å². The summed E-state index contributed by atoms with van der Waals surface area (Å²) in [6.45, 7) is 13.8. The van der Waals surface area contributed by atoms with E-state index in [0.717, 1.165) is 0 Å². The number of benzene rings is 1. The van der Waals surface area contributed by atoms with Crippen LogP contribution in [0, 0.1) is 6.92 Å². The molecule has 0 radical (unpaired) electrons. The second kappa shape index (κ2) is 8.11. The second-order valence-corrected chi connectivity index (χ2v) is 20.8. The van der Waals surface area contributed by atoms with Crippen LogP contribution in [0.4, 0.5) is 0 Å². The summed E-state index contributed by atoms with van der Waals surface area (Å²) >= 11 is -1.94. The van der Waals surface area contributed by atoms with E-state index in [9.17, 15) is 0 Å². The van der Waals surface area contributed by atoms with E-state index in [2.05, 4.69) is 101 Å². The summed E-state index contributed by atoms with van der Waals surface area (Å²) in [5.41, 5.74) is 7.30. The summed E-state index contributed by atoms with van der Waals surface area (Å²) in [7, 11) is 2.22. The van der Waals surface area contributed by atoms with Crippen molar-refractivity contribution in [1.29, 1.82) is 0 Å². The Kier molecular flexibility index (Phi) is 6.67. The molecule has 1 heterocycles. The fourth-order valence-electron chi connectivity index (χ4n) is 4.04. The molecule has 2 rings (SSSR count). The molecular formula is C25H40GeN+. The molecule has 0 amide bonds. The molecule has 0 atom stereocenters. The summed E-state index contributed by atoms with van der Waals surface area (Å²) in [5.74, 6) is 8.22. The first-order chi connectivity index (χ1) is 12.4. The van der Waals surface area contributed by atoms with Crippen LogP contribution < -0.4 is 8.96 Å². The molecule has 148 valence electrons. The van der Waals surface area contributed by atoms with Gasteiger partial charge in [0.05, 0.1) is 0 Å². The Balaban J connectivity index is 2.70. The summed E-state index contributed by atoms with van der Waals surface area (Å²) in [6, 6.07) is 9.54. The van der Waals surface area contributed by atoms with Crippen molar-refractivity contribution in [2.24, 2.45) is 7.05 Å². The van der Waals surface area contributed by atoms with Crippen LogP contribution in [-0.4, -0.2) is 13.3 Å². The topological polar surface area (TPSA) is 3.88 Å². The van der Waals surface area contributed by atoms with Crippen molar-refractivity contribution < 1.29 is 4.57 Å². The number of pyridine rings is 1. The molecule has 0 aliphatic carbocycles. The fourth-order valence-corrected chi connectivity index (χ4v) is 7.66. The SMILES string of the molecule is CCC(CC)c1cc(-c2ccc(C(C)(C)C)cc2C)[n+](C)c[c]1[Ge]([CH3])([CH3])[CH3]. The predicted molar refractivity (Wildman–Crippen MR) is 123 cm³/mol. The molecule has 0 unspecified atom stereocenters. The van der Waals surface area contributed by atoms with Gasteiger partial charge in [-0.15, -0.1) is 0 Å². The molecule has 2 aromatic rings. The quantitative estimate of drug-likeness (QED) is 0.393. The zero-order valence-corrected chi connectivity index (χ0v) is 21.4. The first-order valence-corrected chi connectivity index (χ1v) is 17.9. The van der Waals surface area contributed by atoms with Gasteiger partial charge in [0.1, 0.15) is 0 Å². The van der Waals surface area contributed by atoms with Gasteiger partial charge in [0.25, 0.3) is 0 Å². The summed E-state index contributed by atoms with van der Waals surface area (Å²) in [5, 5.41) is 0. The monoisotopic (exact) mass is 428 g/mol. The van der Waals surface area contributed by atoms with Crippen LogP contribution in [0.25, 0.3) is 11.3 Å². The molecule has 0 spiro atoms. The second-order valence-electron chi connectivity index (χ2n) is 10.2. The van der Waals surface area contributed by atoms with E-state index in [4.69, 9.17) is 0 Å². The van der Waals surface area contributed by atoms with Crippen LogP contribution in [0.15, 0.2) is 30.5 Å². The van der Waals surface area contributed by atoms with Crippen LogP contribution in [0.3, 0.4) is 0 Å². The Bertz CT molecular complexity index is 802. The van der Waals surface area contributed by atoms with Gasteiger partial charge in [-0.25, -0.2) is 0 Å². The van der Waals surface area contributed by atoms with Crippen molar-refractivity contribution in [1.82, 2.24) is 0 Å². The molecule has 0 saturated heterocycles. The van der Waals surface area contributed by atoms with Crippen molar-refractivity contribution in [2.45, 2.75) is 83.0 Å². The van der Waals surface area contributed by atoms with Crippen molar-refractivity contribution in [3.05, 3.63) is 47.2 Å². The van der Waals surface area contributed by atoms with E-state index in [1.54, 1.807) is 9.96 Å². The van der Waals surface area contributed by atoms with Crippen LogP contribution in [0.5, 0.6) is 0 Å². The first-order valence-electron chi connectivity index (χ1n) is 10.6. The van der Waals surface area contributed by atoms with Gasteiger partial charge in [0.2, 0.25) is 0 Å². The molecular weight excluding hydrogens is 387 g/mol. The van der Waals surface area contributed by atoms with Crippen LogP contribution in [0.1, 0.15) is 70.1 Å². The molecule has 0 bridgehead atoms. The Morgan fingerprint density at radius 3 is 2.04 bits per heavy atom. The molecule has 2 heteroatoms. The van der Waals surface area contributed by atoms with Gasteiger partial charge in [-0.05, 0) is 0 Å². The molecule has 1 aromatic heterocycles. The number of hydrogen-bond donors (Lipinski definition) is 0. The Morgan fingerprint density at radius 1 is 1.00 bits per heavy atom. The average molecular weight is 427 g/mol. The Labute approximate surface area is 170 Å². The molecule has 0 fully saturated rings. The first kappa shape index (κ1) is 22.2. The number of aryl methyl sites for hydroxylation is 2. The van der Waals surface area contributed by atoms with Crippen molar-refractivity contribution in [2.75, 3.05) is 0 Å². The third-order valence-corrected chi connectivity index (χ3v) is 10.2. The number of hydrogen-bond acceptors (Lipinski definition) is 0. The van der Waals surface area contributed by atoms with E-state index in [-0.39, 0.29) is 5.41 Å². The Morgan fingerprint density at radius 2 is 1.59 bits per heavy atom. The van der Waals surface area contributed by atoms with Gasteiger partial charge >= 0.3 is 171 Å². The molecule has 1 aromatic carbocycles. The zero-order chi connectivity index (χ0) is 20.6. The van der Waals surface area contributed by atoms with Gasteiger partial charge in [0.15, 0.2) is 0 Å². The number of aromatic nitrogens is 1. The van der Waals surface area contributed by atoms with Crippen LogP contribution in [-0.2, 0) is 12.5 Å². The summed E-state index contributed by atoms with van der Waals surface area (Å²) in [4.78, 5) is 0. The maximum absolute atomic E-state index is 2.52. The van der Waals surface area contributed by atoms with Crippen LogP contribution in [0.2, 0.25) is 17.3 Å². The molecule has 27 heavy (non-hydrogen) atoms. The van der Waals surface area contributed by atoms with E-state index >= 15 is 0 Å². The summed E-state index contributed by atoms with van der Waals surface area (Å²) in [6.07, 6.45) is 4.90. The van der Waals surface area contributed by atoms with Gasteiger partial charge < -0.3 is 0 Å². The van der Waals surface area contributed by atoms with Gasteiger partial charge in [-0.3, -0.25) is 0 Å². The minimum absolute atomic E-state index is 0.190. The van der Waals surface area contributed by atoms with Crippen molar-refractivity contribution in [3.8, 4) is 11.3 Å². The van der Waals surface area contributed by atoms with Gasteiger partial charge in [0, 0.05) is 0 Å². The molecule has 0 N–H and O–H groups in total. The minimum atomic E-state index is -1.94. The predicted octanol–water partition coefficient (Wildman–Crippen LogP) is 6.23. The van der Waals surface area contributed by atoms with Crippen molar-refractivity contribution >= 4 is 17.7 Å². The number of nitrogens with zero attached hydrogens (tertiary/aromatic N) is 1. The van der Waals surface area contributed by atoms with E-state index in [1.165, 1.54) is 35.2 Å². The standard InChI is InChI=1S/C25H40GeN/c1-11-19(12-2)22-16-24(27(10)17-23(22)26(7,8)9)21-14-13-20(15-18(21)3)25(4,5)6/h13-17,19H,11-12H2,1-10H3/q+1. The van der Waals surface area contributed by atoms with Gasteiger partial charge in [-0.1, -0.05) is 0 Å². The van der Waals surface area contributed by atoms with Crippen molar-refractivity contribution in [3.63, 3.8) is 0 Å². The normalized spacial score (nSPS) is 12.7. The van der Waals surface area contributed by atoms with Crippen LogP contribution >= 0.6 is 0 Å². The summed E-state index contributed by atoms with van der Waals surface area (Å²) < 4.78 is 4.04. The molecule has 1 nitrogen and oxygen atoms in total. The zero-order valence-electron chi connectivity index (χ0n) is 19.3. The average Bonchev–Trinajstić information content (AvgIpc) is 2.55. The fraction of sp³-hybridized carbons (Fsp3) is 0.560. The third-order valence-electron chi connectivity index (χ3n) is 5.91. The molecule has 0 aliphatic rings. The van der Waals surface area contributed by atoms with Gasteiger partial charge in [-0.2, -0.15) is 0 Å². The third kappa shape index (κ3) is 4.85. The van der Waals surface area contributed by atoms with E-state index in [1.807, 2.05) is 0 Å². The molecule has 0 saturated carbocycles.